The van der Waals surface area contributed by atoms with E-state index < -0.39 is 6.29 Å². The summed E-state index contributed by atoms with van der Waals surface area (Å²) in [7, 11) is 3.00. The van der Waals surface area contributed by atoms with Gasteiger partial charge in [-0.3, -0.25) is 14.5 Å². The monoisotopic (exact) mass is 476 g/mol. The minimum absolute atomic E-state index is 0.0909. The molecule has 2 aromatic carbocycles. The highest BCUT2D eigenvalue weighted by Gasteiger charge is 2.30. The Balaban J connectivity index is 1.83. The highest BCUT2D eigenvalue weighted by atomic mass is 79.9. The number of methoxy groups -OCH3 is 2. The van der Waals surface area contributed by atoms with Crippen molar-refractivity contribution in [2.75, 3.05) is 32.2 Å². The van der Waals surface area contributed by atoms with Crippen LogP contribution in [0.25, 0.3) is 6.08 Å². The van der Waals surface area contributed by atoms with Crippen LogP contribution in [0.5, 0.6) is 0 Å². The third-order valence-corrected chi connectivity index (χ3v) is 5.84. The van der Waals surface area contributed by atoms with E-state index in [1.54, 1.807) is 0 Å². The third kappa shape index (κ3) is 5.48. The van der Waals surface area contributed by atoms with Crippen LogP contribution in [0.1, 0.15) is 5.56 Å². The van der Waals surface area contributed by atoms with Gasteiger partial charge in [-0.15, -0.1) is 0 Å². The Bertz CT molecular complexity index is 930. The average Bonchev–Trinajstić information content (AvgIpc) is 2.72. The highest BCUT2D eigenvalue weighted by Crippen LogP contribution is 2.41. The molecule has 6 nitrogen and oxygen atoms in total. The predicted octanol–water partition coefficient (Wildman–Crippen LogP) is 3.66. The Labute approximate surface area is 182 Å². The van der Waals surface area contributed by atoms with Gasteiger partial charge in [0.25, 0.3) is 5.91 Å². The number of fused-ring (bicyclic) bond motifs is 1. The minimum atomic E-state index is -0.536. The Hall–Kier alpha value is -2.13. The molecule has 0 saturated carbocycles. The lowest BCUT2D eigenvalue weighted by Gasteiger charge is -2.30. The fourth-order valence-corrected chi connectivity index (χ4v) is 4.30. The van der Waals surface area contributed by atoms with Crippen molar-refractivity contribution in [2.45, 2.75) is 11.2 Å². The van der Waals surface area contributed by atoms with Crippen LogP contribution in [0.4, 0.5) is 5.69 Å². The van der Waals surface area contributed by atoms with Crippen LogP contribution in [-0.2, 0) is 19.1 Å². The zero-order valence-electron chi connectivity index (χ0n) is 16.1. The molecule has 0 spiro atoms. The lowest BCUT2D eigenvalue weighted by Crippen LogP contribution is -2.44. The summed E-state index contributed by atoms with van der Waals surface area (Å²) in [5.41, 5.74) is 1.63. The van der Waals surface area contributed by atoms with Crippen molar-refractivity contribution >= 4 is 51.3 Å². The number of carbonyl (C=O) groups is 2. The molecule has 1 aliphatic rings. The molecular formula is C21H21BrN2O4S. The minimum Gasteiger partial charge on any atom is -0.354 e. The molecule has 0 aromatic heterocycles. The summed E-state index contributed by atoms with van der Waals surface area (Å²) >= 11 is 4.85. The van der Waals surface area contributed by atoms with Gasteiger partial charge in [-0.05, 0) is 35.9 Å². The number of ether oxygens (including phenoxy) is 2. The number of nitrogens with one attached hydrogen (secondary N) is 1. The van der Waals surface area contributed by atoms with Crippen LogP contribution in [0.15, 0.2) is 62.8 Å². The molecule has 0 saturated heterocycles. The van der Waals surface area contributed by atoms with E-state index in [9.17, 15) is 9.59 Å². The largest absolute Gasteiger partial charge is 0.354 e. The first-order valence-electron chi connectivity index (χ1n) is 8.90. The maximum Gasteiger partial charge on any atom is 0.265 e. The first-order chi connectivity index (χ1) is 14.0. The maximum absolute atomic E-state index is 13.2. The fourth-order valence-electron chi connectivity index (χ4n) is 2.83. The Morgan fingerprint density at radius 3 is 2.69 bits per heavy atom. The number of thioether (sulfide) groups is 1. The number of nitrogens with zero attached hydrogens (tertiary/aromatic N) is 1. The van der Waals surface area contributed by atoms with Crippen LogP contribution in [0, 0.1) is 0 Å². The van der Waals surface area contributed by atoms with Gasteiger partial charge in [0.2, 0.25) is 5.91 Å². The Kier molecular flexibility index (Phi) is 7.49. The van der Waals surface area contributed by atoms with Crippen molar-refractivity contribution in [1.82, 2.24) is 5.32 Å². The average molecular weight is 477 g/mol. The number of hydrogen-bond acceptors (Lipinski definition) is 5. The van der Waals surface area contributed by atoms with Gasteiger partial charge in [-0.25, -0.2) is 0 Å². The van der Waals surface area contributed by atoms with Crippen molar-refractivity contribution in [2.24, 2.45) is 0 Å². The zero-order chi connectivity index (χ0) is 20.8. The van der Waals surface area contributed by atoms with E-state index in [0.29, 0.717) is 4.91 Å². The first kappa shape index (κ1) is 21.6. The fraction of sp³-hybridized carbons (Fsp3) is 0.238. The molecule has 3 rings (SSSR count). The van der Waals surface area contributed by atoms with Gasteiger partial charge >= 0.3 is 0 Å². The first-order valence-corrected chi connectivity index (χ1v) is 10.5. The summed E-state index contributed by atoms with van der Waals surface area (Å²) in [5, 5.41) is 2.74. The molecule has 1 heterocycles. The van der Waals surface area contributed by atoms with Crippen molar-refractivity contribution in [3.63, 3.8) is 0 Å². The van der Waals surface area contributed by atoms with Gasteiger partial charge in [0.15, 0.2) is 6.29 Å². The number of carbonyl (C=O) groups excluding carboxylic acids is 2. The highest BCUT2D eigenvalue weighted by molar-refractivity contribution is 9.10. The third-order valence-electron chi connectivity index (χ3n) is 4.27. The van der Waals surface area contributed by atoms with E-state index in [1.165, 1.54) is 30.9 Å². The molecule has 0 atom stereocenters. The number of halogens is 1. The molecule has 0 unspecified atom stereocenters. The normalized spacial score (nSPS) is 15.0. The molecule has 0 bridgehead atoms. The number of benzene rings is 2. The van der Waals surface area contributed by atoms with Crippen LogP contribution >= 0.6 is 27.7 Å². The topological polar surface area (TPSA) is 67.9 Å². The summed E-state index contributed by atoms with van der Waals surface area (Å²) in [5.74, 6) is -0.500. The quantitative estimate of drug-likeness (QED) is 0.487. The lowest BCUT2D eigenvalue weighted by molar-refractivity contribution is -0.127. The van der Waals surface area contributed by atoms with Crippen LogP contribution < -0.4 is 10.2 Å². The van der Waals surface area contributed by atoms with E-state index in [2.05, 4.69) is 21.2 Å². The van der Waals surface area contributed by atoms with Gasteiger partial charge in [0.05, 0.1) is 17.1 Å². The van der Waals surface area contributed by atoms with E-state index in [-0.39, 0.29) is 24.9 Å². The van der Waals surface area contributed by atoms with Gasteiger partial charge in [-0.2, -0.15) is 0 Å². The summed E-state index contributed by atoms with van der Waals surface area (Å²) < 4.78 is 11.1. The number of anilines is 1. The Morgan fingerprint density at radius 1 is 1.21 bits per heavy atom. The van der Waals surface area contributed by atoms with Crippen LogP contribution in [0.3, 0.4) is 0 Å². The second kappa shape index (κ2) is 10.1. The number of rotatable bonds is 7. The molecule has 152 valence electrons. The van der Waals surface area contributed by atoms with Crippen LogP contribution in [0.2, 0.25) is 0 Å². The number of hydrogen-bond donors (Lipinski definition) is 1. The number of amides is 2. The molecule has 2 amide bonds. The molecule has 1 aliphatic heterocycles. The summed E-state index contributed by atoms with van der Waals surface area (Å²) in [6, 6.07) is 15.3. The second-order valence-corrected chi connectivity index (χ2v) is 8.23. The second-order valence-electron chi connectivity index (χ2n) is 6.23. The SMILES string of the molecule is COC(CNC(=O)CN1C(=O)/C(=C\c2cccc(Br)c2)Sc2ccccc21)OC. The molecule has 1 N–H and O–H groups in total. The molecule has 0 aliphatic carbocycles. The summed E-state index contributed by atoms with van der Waals surface area (Å²) in [4.78, 5) is 28.6. The molecule has 0 radical (unpaired) electrons. The van der Waals surface area contributed by atoms with E-state index in [0.717, 1.165) is 20.6 Å². The number of para-hydroxylation sites is 1. The van der Waals surface area contributed by atoms with E-state index >= 15 is 0 Å². The standard InChI is InChI=1S/C21H21BrN2O4S/c1-27-20(28-2)12-23-19(25)13-24-16-8-3-4-9-17(16)29-18(21(24)26)11-14-6-5-7-15(22)10-14/h3-11,20H,12-13H2,1-2H3,(H,23,25)/b18-11+. The Morgan fingerprint density at radius 2 is 1.97 bits per heavy atom. The zero-order valence-corrected chi connectivity index (χ0v) is 18.5. The van der Waals surface area contributed by atoms with Crippen molar-refractivity contribution in [3.8, 4) is 0 Å². The maximum atomic E-state index is 13.2. The van der Waals surface area contributed by atoms with Crippen LogP contribution in [-0.4, -0.2) is 45.4 Å². The summed E-state index contributed by atoms with van der Waals surface area (Å²) in [6.07, 6.45) is 1.30. The molecule has 0 fully saturated rings. The smallest absolute Gasteiger partial charge is 0.265 e. The molecule has 8 heteroatoms. The van der Waals surface area contributed by atoms with E-state index in [4.69, 9.17) is 9.47 Å². The summed E-state index contributed by atoms with van der Waals surface area (Å²) in [6.45, 7) is 0.109. The van der Waals surface area contributed by atoms with Crippen molar-refractivity contribution in [3.05, 3.63) is 63.5 Å². The van der Waals surface area contributed by atoms with Crippen molar-refractivity contribution in [1.29, 1.82) is 0 Å². The van der Waals surface area contributed by atoms with Gasteiger partial charge < -0.3 is 14.8 Å². The van der Waals surface area contributed by atoms with Gasteiger partial charge in [-0.1, -0.05) is 52.0 Å². The van der Waals surface area contributed by atoms with Gasteiger partial charge in [0, 0.05) is 23.6 Å². The predicted molar refractivity (Wildman–Crippen MR) is 118 cm³/mol. The molecule has 29 heavy (non-hydrogen) atoms. The molecular weight excluding hydrogens is 456 g/mol. The molecule has 2 aromatic rings. The van der Waals surface area contributed by atoms with Crippen molar-refractivity contribution < 1.29 is 19.1 Å². The van der Waals surface area contributed by atoms with Gasteiger partial charge in [0.1, 0.15) is 6.54 Å². The lowest BCUT2D eigenvalue weighted by atomic mass is 10.2. The van der Waals surface area contributed by atoms with E-state index in [1.807, 2.05) is 54.6 Å².